The molecule has 5 nitrogen and oxygen atoms in total. The van der Waals surface area contributed by atoms with Gasteiger partial charge in [0.25, 0.3) is 5.91 Å². The van der Waals surface area contributed by atoms with Crippen LogP contribution in [0, 0.1) is 13.8 Å². The van der Waals surface area contributed by atoms with Crippen molar-refractivity contribution in [2.45, 2.75) is 58.9 Å². The van der Waals surface area contributed by atoms with Gasteiger partial charge in [0.1, 0.15) is 11.6 Å². The predicted molar refractivity (Wildman–Crippen MR) is 147 cm³/mol. The molecule has 0 fully saturated rings. The Kier molecular flexibility index (Phi) is 9.15. The molecule has 0 bridgehead atoms. The number of aromatic nitrogens is 2. The number of para-hydroxylation sites is 2. The third kappa shape index (κ3) is 6.97. The monoisotopic (exact) mass is 483 g/mol. The van der Waals surface area contributed by atoms with Crippen LogP contribution in [0.1, 0.15) is 59.4 Å². The Morgan fingerprint density at radius 1 is 0.889 bits per heavy atom. The summed E-state index contributed by atoms with van der Waals surface area (Å²) in [5.41, 5.74) is 5.26. The number of aryl methyl sites for hydroxylation is 4. The van der Waals surface area contributed by atoms with Gasteiger partial charge in [-0.15, -0.1) is 0 Å². The maximum Gasteiger partial charge on any atom is 0.251 e. The van der Waals surface area contributed by atoms with E-state index in [1.54, 1.807) is 0 Å². The number of hydrogen-bond acceptors (Lipinski definition) is 3. The number of nitrogens with zero attached hydrogens (tertiary/aromatic N) is 2. The number of hydrogen-bond donors (Lipinski definition) is 1. The maximum absolute atomic E-state index is 12.4. The number of fused-ring (bicyclic) bond motifs is 1. The largest absolute Gasteiger partial charge is 0.494 e. The summed E-state index contributed by atoms with van der Waals surface area (Å²) in [5, 5.41) is 3.05. The van der Waals surface area contributed by atoms with Crippen molar-refractivity contribution < 1.29 is 9.53 Å². The lowest BCUT2D eigenvalue weighted by Crippen LogP contribution is -2.25. The molecule has 36 heavy (non-hydrogen) atoms. The van der Waals surface area contributed by atoms with Crippen LogP contribution in [-0.4, -0.2) is 28.6 Å². The summed E-state index contributed by atoms with van der Waals surface area (Å²) in [6, 6.07) is 24.3. The summed E-state index contributed by atoms with van der Waals surface area (Å²) < 4.78 is 8.30. The molecule has 4 rings (SSSR count). The van der Waals surface area contributed by atoms with Crippen molar-refractivity contribution in [2.24, 2.45) is 0 Å². The van der Waals surface area contributed by atoms with E-state index in [1.807, 2.05) is 43.3 Å². The van der Waals surface area contributed by atoms with Gasteiger partial charge in [0.2, 0.25) is 0 Å². The van der Waals surface area contributed by atoms with E-state index in [0.717, 1.165) is 79.9 Å². The fourth-order valence-corrected chi connectivity index (χ4v) is 4.54. The average Bonchev–Trinajstić information content (AvgIpc) is 3.23. The molecular weight excluding hydrogens is 446 g/mol. The second-order valence-electron chi connectivity index (χ2n) is 9.42. The molecule has 0 saturated carbocycles. The molecule has 0 atom stereocenters. The molecule has 0 spiro atoms. The van der Waals surface area contributed by atoms with Crippen LogP contribution >= 0.6 is 0 Å². The van der Waals surface area contributed by atoms with Gasteiger partial charge < -0.3 is 14.6 Å². The molecule has 0 aliphatic carbocycles. The minimum atomic E-state index is 0.0151. The lowest BCUT2D eigenvalue weighted by Gasteiger charge is -2.11. The second-order valence-corrected chi connectivity index (χ2v) is 9.42. The molecule has 3 aromatic carbocycles. The quantitative estimate of drug-likeness (QED) is 0.217. The zero-order chi connectivity index (χ0) is 25.2. The molecule has 1 aromatic heterocycles. The Morgan fingerprint density at radius 3 is 2.58 bits per heavy atom. The van der Waals surface area contributed by atoms with Crippen LogP contribution in [0.2, 0.25) is 0 Å². The van der Waals surface area contributed by atoms with Gasteiger partial charge in [-0.05, 0) is 81.0 Å². The molecule has 5 heteroatoms. The summed E-state index contributed by atoms with van der Waals surface area (Å²) in [4.78, 5) is 17.3. The minimum absolute atomic E-state index is 0.0151. The molecule has 1 N–H and O–H groups in total. The number of benzene rings is 3. The summed E-state index contributed by atoms with van der Waals surface area (Å²) >= 11 is 0. The first-order chi connectivity index (χ1) is 17.6. The number of unbranched alkanes of at least 4 members (excludes halogenated alkanes) is 3. The Morgan fingerprint density at radius 2 is 1.72 bits per heavy atom. The SMILES string of the molecule is Cc1cccc(OCCCCn2c(CCCCCNC(=O)c3ccccc3C)nc3ccccc32)c1. The first kappa shape index (κ1) is 25.5. The molecule has 1 heterocycles. The first-order valence-electron chi connectivity index (χ1n) is 13.1. The molecule has 0 aliphatic heterocycles. The highest BCUT2D eigenvalue weighted by atomic mass is 16.5. The van der Waals surface area contributed by atoms with E-state index in [2.05, 4.69) is 53.2 Å². The summed E-state index contributed by atoms with van der Waals surface area (Å²) in [6.07, 6.45) is 6.07. The zero-order valence-electron chi connectivity index (χ0n) is 21.5. The lowest BCUT2D eigenvalue weighted by atomic mass is 10.1. The van der Waals surface area contributed by atoms with Crippen LogP contribution in [0.5, 0.6) is 5.75 Å². The predicted octanol–water partition coefficient (Wildman–Crippen LogP) is 6.66. The van der Waals surface area contributed by atoms with Gasteiger partial charge in [-0.3, -0.25) is 4.79 Å². The summed E-state index contributed by atoms with van der Waals surface area (Å²) in [5.74, 6) is 2.11. The smallest absolute Gasteiger partial charge is 0.251 e. The highest BCUT2D eigenvalue weighted by Crippen LogP contribution is 2.19. The molecule has 0 saturated heterocycles. The van der Waals surface area contributed by atoms with Crippen molar-refractivity contribution in [2.75, 3.05) is 13.2 Å². The number of nitrogens with one attached hydrogen (secondary N) is 1. The number of carbonyl (C=O) groups excluding carboxylic acids is 1. The number of imidazole rings is 1. The van der Waals surface area contributed by atoms with E-state index < -0.39 is 0 Å². The van der Waals surface area contributed by atoms with Crippen molar-refractivity contribution >= 4 is 16.9 Å². The Balaban J connectivity index is 1.22. The molecule has 4 aromatic rings. The van der Waals surface area contributed by atoms with E-state index in [4.69, 9.17) is 9.72 Å². The highest BCUT2D eigenvalue weighted by molar-refractivity contribution is 5.95. The van der Waals surface area contributed by atoms with Crippen LogP contribution in [0.25, 0.3) is 11.0 Å². The van der Waals surface area contributed by atoms with Gasteiger partial charge in [0.05, 0.1) is 17.6 Å². The number of amides is 1. The van der Waals surface area contributed by atoms with Crippen molar-refractivity contribution in [3.8, 4) is 5.75 Å². The van der Waals surface area contributed by atoms with E-state index in [0.29, 0.717) is 6.54 Å². The van der Waals surface area contributed by atoms with Crippen molar-refractivity contribution in [1.29, 1.82) is 0 Å². The minimum Gasteiger partial charge on any atom is -0.494 e. The normalized spacial score (nSPS) is 11.1. The van der Waals surface area contributed by atoms with E-state index in [1.165, 1.54) is 11.1 Å². The molecule has 0 aliphatic rings. The zero-order valence-corrected chi connectivity index (χ0v) is 21.5. The number of carbonyl (C=O) groups is 1. The molecule has 0 unspecified atom stereocenters. The maximum atomic E-state index is 12.4. The van der Waals surface area contributed by atoms with Gasteiger partial charge in [0, 0.05) is 25.1 Å². The fourth-order valence-electron chi connectivity index (χ4n) is 4.54. The fraction of sp³-hybridized carbons (Fsp3) is 0.355. The number of ether oxygens (including phenoxy) is 1. The van der Waals surface area contributed by atoms with Gasteiger partial charge >= 0.3 is 0 Å². The number of rotatable bonds is 13. The Hall–Kier alpha value is -3.60. The Labute approximate surface area is 214 Å². The molecular formula is C31H37N3O2. The Bertz CT molecular complexity index is 1280. The lowest BCUT2D eigenvalue weighted by molar-refractivity contribution is 0.0952. The summed E-state index contributed by atoms with van der Waals surface area (Å²) in [6.45, 7) is 6.42. The molecule has 0 radical (unpaired) electrons. The van der Waals surface area contributed by atoms with E-state index >= 15 is 0 Å². The third-order valence-electron chi connectivity index (χ3n) is 6.52. The van der Waals surface area contributed by atoms with Gasteiger partial charge in [0.15, 0.2) is 0 Å². The first-order valence-corrected chi connectivity index (χ1v) is 13.1. The van der Waals surface area contributed by atoms with Crippen LogP contribution < -0.4 is 10.1 Å². The van der Waals surface area contributed by atoms with Crippen molar-refractivity contribution in [3.05, 3.63) is 95.3 Å². The van der Waals surface area contributed by atoms with E-state index in [9.17, 15) is 4.79 Å². The molecule has 188 valence electrons. The van der Waals surface area contributed by atoms with Crippen LogP contribution in [0.4, 0.5) is 0 Å². The topological polar surface area (TPSA) is 56.1 Å². The van der Waals surface area contributed by atoms with Crippen molar-refractivity contribution in [3.63, 3.8) is 0 Å². The van der Waals surface area contributed by atoms with Crippen LogP contribution in [0.3, 0.4) is 0 Å². The third-order valence-corrected chi connectivity index (χ3v) is 6.52. The van der Waals surface area contributed by atoms with Gasteiger partial charge in [-0.1, -0.05) is 48.9 Å². The van der Waals surface area contributed by atoms with Crippen LogP contribution in [-0.2, 0) is 13.0 Å². The van der Waals surface area contributed by atoms with Gasteiger partial charge in [-0.2, -0.15) is 0 Å². The average molecular weight is 484 g/mol. The van der Waals surface area contributed by atoms with Gasteiger partial charge in [-0.25, -0.2) is 4.98 Å². The van der Waals surface area contributed by atoms with Crippen molar-refractivity contribution in [1.82, 2.24) is 14.9 Å². The highest BCUT2D eigenvalue weighted by Gasteiger charge is 2.11. The van der Waals surface area contributed by atoms with E-state index in [-0.39, 0.29) is 5.91 Å². The van der Waals surface area contributed by atoms with Crippen LogP contribution in [0.15, 0.2) is 72.8 Å². The molecule has 1 amide bonds. The summed E-state index contributed by atoms with van der Waals surface area (Å²) in [7, 11) is 0. The second kappa shape index (κ2) is 12.9. The standard InChI is InChI=1S/C31H37N3O2/c1-24-13-12-15-26(23-24)36-22-11-10-21-34-29-18-8-7-17-28(29)33-30(34)19-4-3-9-20-32-31(35)27-16-6-5-14-25(27)2/h5-8,12-18,23H,3-4,9-11,19-22H2,1-2H3,(H,32,35).